The van der Waals surface area contributed by atoms with E-state index < -0.39 is 0 Å². The van der Waals surface area contributed by atoms with Crippen LogP contribution in [0.5, 0.6) is 0 Å². The number of nitrogens with one attached hydrogen (secondary N) is 1. The Balaban J connectivity index is 0.00000264. The van der Waals surface area contributed by atoms with Gasteiger partial charge in [-0.05, 0) is 33.0 Å². The summed E-state index contributed by atoms with van der Waals surface area (Å²) in [5, 5.41) is 3.53. The number of likely N-dealkylation sites (N-methyl/N-ethyl adjacent to an activating group) is 1. The maximum Gasteiger partial charge on any atom is 0.193 e. The quantitative estimate of drug-likeness (QED) is 0.390. The summed E-state index contributed by atoms with van der Waals surface area (Å²) >= 11 is 0. The van der Waals surface area contributed by atoms with Crippen LogP contribution in [0.25, 0.3) is 0 Å². The molecule has 0 aromatic carbocycles. The van der Waals surface area contributed by atoms with Crippen molar-refractivity contribution in [2.75, 3.05) is 80.2 Å². The Morgan fingerprint density at radius 2 is 2.04 bits per heavy atom. The number of ether oxygens (including phenoxy) is 1. The molecule has 136 valence electrons. The molecule has 0 spiro atoms. The fourth-order valence-electron chi connectivity index (χ4n) is 3.38. The molecule has 23 heavy (non-hydrogen) atoms. The summed E-state index contributed by atoms with van der Waals surface area (Å²) in [6, 6.07) is 0. The van der Waals surface area contributed by atoms with Crippen LogP contribution in [0.3, 0.4) is 0 Å². The van der Waals surface area contributed by atoms with Crippen molar-refractivity contribution in [1.82, 2.24) is 20.0 Å². The molecule has 0 aliphatic carbocycles. The van der Waals surface area contributed by atoms with Gasteiger partial charge in [-0.25, -0.2) is 0 Å². The van der Waals surface area contributed by atoms with Crippen LogP contribution in [-0.4, -0.2) is 101 Å². The lowest BCUT2D eigenvalue weighted by molar-refractivity contribution is 0.157. The van der Waals surface area contributed by atoms with Crippen molar-refractivity contribution < 1.29 is 4.74 Å². The Labute approximate surface area is 158 Å². The number of rotatable bonds is 5. The first-order chi connectivity index (χ1) is 10.7. The molecule has 0 aromatic heterocycles. The molecule has 1 atom stereocenters. The molecule has 6 nitrogen and oxygen atoms in total. The second kappa shape index (κ2) is 11.4. The predicted octanol–water partition coefficient (Wildman–Crippen LogP) is 0.786. The highest BCUT2D eigenvalue weighted by Gasteiger charge is 2.24. The number of guanidine groups is 1. The lowest BCUT2D eigenvalue weighted by Gasteiger charge is -2.24. The second-order valence-electron chi connectivity index (χ2n) is 6.53. The molecule has 0 bridgehead atoms. The molecule has 2 fully saturated rings. The van der Waals surface area contributed by atoms with E-state index in [9.17, 15) is 0 Å². The van der Waals surface area contributed by atoms with Crippen molar-refractivity contribution in [3.63, 3.8) is 0 Å². The zero-order chi connectivity index (χ0) is 15.8. The first kappa shape index (κ1) is 20.9. The highest BCUT2D eigenvalue weighted by atomic mass is 127. The van der Waals surface area contributed by atoms with E-state index in [1.54, 1.807) is 7.11 Å². The number of hydrogen-bond acceptors (Lipinski definition) is 4. The van der Waals surface area contributed by atoms with Gasteiger partial charge in [-0.1, -0.05) is 0 Å². The van der Waals surface area contributed by atoms with Gasteiger partial charge in [0.25, 0.3) is 0 Å². The van der Waals surface area contributed by atoms with Crippen LogP contribution >= 0.6 is 24.0 Å². The van der Waals surface area contributed by atoms with Gasteiger partial charge in [0.15, 0.2) is 5.96 Å². The summed E-state index contributed by atoms with van der Waals surface area (Å²) in [6.45, 7) is 9.86. The lowest BCUT2D eigenvalue weighted by Crippen LogP contribution is -2.44. The maximum atomic E-state index is 5.27. The Morgan fingerprint density at radius 3 is 2.78 bits per heavy atom. The molecular formula is C16H34IN5O. The van der Waals surface area contributed by atoms with E-state index in [0.29, 0.717) is 5.92 Å². The minimum atomic E-state index is 0. The minimum absolute atomic E-state index is 0. The molecule has 2 aliphatic heterocycles. The third kappa shape index (κ3) is 7.11. The first-order valence-electron chi connectivity index (χ1n) is 8.58. The smallest absolute Gasteiger partial charge is 0.193 e. The zero-order valence-corrected chi connectivity index (χ0v) is 17.3. The number of likely N-dealkylation sites (tertiary alicyclic amines) is 1. The SMILES string of the molecule is CN=C(NCCN1CCCN(C)CC1)N1CCC(COC)C1.I. The normalized spacial score (nSPS) is 24.4. The van der Waals surface area contributed by atoms with Gasteiger partial charge in [0.05, 0.1) is 6.61 Å². The van der Waals surface area contributed by atoms with Crippen molar-refractivity contribution in [1.29, 1.82) is 0 Å². The van der Waals surface area contributed by atoms with Crippen LogP contribution in [0.15, 0.2) is 4.99 Å². The zero-order valence-electron chi connectivity index (χ0n) is 15.0. The molecule has 0 amide bonds. The van der Waals surface area contributed by atoms with Crippen molar-refractivity contribution in [3.05, 3.63) is 0 Å². The molecule has 2 aliphatic rings. The van der Waals surface area contributed by atoms with Gasteiger partial charge in [-0.2, -0.15) is 0 Å². The van der Waals surface area contributed by atoms with Gasteiger partial charge in [0, 0.05) is 59.3 Å². The fraction of sp³-hybridized carbons (Fsp3) is 0.938. The van der Waals surface area contributed by atoms with Crippen LogP contribution in [0.1, 0.15) is 12.8 Å². The Hall–Kier alpha value is -0.120. The van der Waals surface area contributed by atoms with E-state index >= 15 is 0 Å². The van der Waals surface area contributed by atoms with Crippen molar-refractivity contribution in [3.8, 4) is 0 Å². The highest BCUT2D eigenvalue weighted by molar-refractivity contribution is 14.0. The standard InChI is InChI=1S/C16H33N5O.HI/c1-17-16(21-9-5-15(13-21)14-22-3)18-6-10-20-8-4-7-19(2)11-12-20;/h15H,4-14H2,1-3H3,(H,17,18);1H. The van der Waals surface area contributed by atoms with Gasteiger partial charge in [-0.15, -0.1) is 24.0 Å². The minimum Gasteiger partial charge on any atom is -0.384 e. The van der Waals surface area contributed by atoms with Crippen LogP contribution in [0.2, 0.25) is 0 Å². The molecule has 1 unspecified atom stereocenters. The largest absolute Gasteiger partial charge is 0.384 e. The van der Waals surface area contributed by atoms with E-state index in [2.05, 4.69) is 32.1 Å². The van der Waals surface area contributed by atoms with E-state index in [-0.39, 0.29) is 24.0 Å². The molecule has 0 aromatic rings. The van der Waals surface area contributed by atoms with Gasteiger partial charge in [0.2, 0.25) is 0 Å². The molecule has 2 heterocycles. The highest BCUT2D eigenvalue weighted by Crippen LogP contribution is 2.16. The number of nitrogens with zero attached hydrogens (tertiary/aromatic N) is 4. The molecule has 7 heteroatoms. The molecule has 2 saturated heterocycles. The van der Waals surface area contributed by atoms with Crippen LogP contribution < -0.4 is 5.32 Å². The number of halogens is 1. The average molecular weight is 439 g/mol. The van der Waals surface area contributed by atoms with E-state index in [4.69, 9.17) is 4.74 Å². The topological polar surface area (TPSA) is 43.3 Å². The Morgan fingerprint density at radius 1 is 1.22 bits per heavy atom. The summed E-state index contributed by atoms with van der Waals surface area (Å²) in [6.07, 6.45) is 2.48. The summed E-state index contributed by atoms with van der Waals surface area (Å²) in [5.74, 6) is 1.69. The van der Waals surface area contributed by atoms with Gasteiger partial charge in [-0.3, -0.25) is 4.99 Å². The number of methoxy groups -OCH3 is 1. The molecule has 1 N–H and O–H groups in total. The molecule has 0 radical (unpaired) electrons. The maximum absolute atomic E-state index is 5.27. The summed E-state index contributed by atoms with van der Waals surface area (Å²) in [7, 11) is 5.88. The van der Waals surface area contributed by atoms with Crippen LogP contribution in [0, 0.1) is 5.92 Å². The van der Waals surface area contributed by atoms with Crippen LogP contribution in [0.4, 0.5) is 0 Å². The van der Waals surface area contributed by atoms with E-state index in [0.717, 1.165) is 38.7 Å². The van der Waals surface area contributed by atoms with Gasteiger partial charge < -0.3 is 24.8 Å². The summed E-state index contributed by atoms with van der Waals surface area (Å²) in [5.41, 5.74) is 0. The van der Waals surface area contributed by atoms with Crippen molar-refractivity contribution in [2.45, 2.75) is 12.8 Å². The Kier molecular flexibility index (Phi) is 10.4. The summed E-state index contributed by atoms with van der Waals surface area (Å²) in [4.78, 5) is 11.8. The summed E-state index contributed by atoms with van der Waals surface area (Å²) < 4.78 is 5.27. The van der Waals surface area contributed by atoms with Gasteiger partial charge >= 0.3 is 0 Å². The molecular weight excluding hydrogens is 405 g/mol. The predicted molar refractivity (Wildman–Crippen MR) is 107 cm³/mol. The van der Waals surface area contributed by atoms with E-state index in [1.165, 1.54) is 39.0 Å². The van der Waals surface area contributed by atoms with Crippen molar-refractivity contribution in [2.24, 2.45) is 10.9 Å². The average Bonchev–Trinajstić information content (AvgIpc) is 2.87. The van der Waals surface area contributed by atoms with Gasteiger partial charge in [0.1, 0.15) is 0 Å². The first-order valence-corrected chi connectivity index (χ1v) is 8.58. The Bertz CT molecular complexity index is 355. The van der Waals surface area contributed by atoms with E-state index in [1.807, 2.05) is 7.05 Å². The van der Waals surface area contributed by atoms with Crippen molar-refractivity contribution >= 4 is 29.9 Å². The third-order valence-electron chi connectivity index (χ3n) is 4.72. The molecule has 2 rings (SSSR count). The second-order valence-corrected chi connectivity index (χ2v) is 6.53. The number of aliphatic imine (C=N–C) groups is 1. The number of hydrogen-bond donors (Lipinski definition) is 1. The van der Waals surface area contributed by atoms with Crippen LogP contribution in [-0.2, 0) is 4.74 Å². The third-order valence-corrected chi connectivity index (χ3v) is 4.72. The monoisotopic (exact) mass is 439 g/mol. The molecule has 0 saturated carbocycles. The lowest BCUT2D eigenvalue weighted by atomic mass is 10.1. The fourth-order valence-corrected chi connectivity index (χ4v) is 3.38.